The molecule has 6 heteroatoms. The van der Waals surface area contributed by atoms with Crippen LogP contribution in [0.3, 0.4) is 0 Å². The number of carbonyl (C=O) groups is 1. The average molecular weight is 399 g/mol. The lowest BCUT2D eigenvalue weighted by atomic mass is 10.2. The Morgan fingerprint density at radius 1 is 1.21 bits per heavy atom. The summed E-state index contributed by atoms with van der Waals surface area (Å²) in [7, 11) is 0. The van der Waals surface area contributed by atoms with Gasteiger partial charge in [0, 0.05) is 26.5 Å². The van der Waals surface area contributed by atoms with Crippen LogP contribution in [0.2, 0.25) is 0 Å². The van der Waals surface area contributed by atoms with E-state index in [1.54, 1.807) is 30.3 Å². The normalized spacial score (nSPS) is 10.8. The lowest BCUT2D eigenvalue weighted by molar-refractivity contribution is -0.111. The SMILES string of the molecule is N#CSc1ccc(NC(=O)C=Cc2cc3cc(Br)ccc3o2)cc1. The predicted octanol–water partition coefficient (Wildman–Crippen LogP) is 5.42. The number of hydrogen-bond acceptors (Lipinski definition) is 4. The van der Waals surface area contributed by atoms with Crippen LogP contribution in [0.5, 0.6) is 0 Å². The predicted molar refractivity (Wildman–Crippen MR) is 99.5 cm³/mol. The van der Waals surface area contributed by atoms with Gasteiger partial charge in [0.2, 0.25) is 5.91 Å². The lowest BCUT2D eigenvalue weighted by Crippen LogP contribution is -2.07. The number of nitriles is 1. The Labute approximate surface area is 151 Å². The molecular formula is C18H11BrN2O2S. The van der Waals surface area contributed by atoms with Gasteiger partial charge in [-0.3, -0.25) is 4.79 Å². The van der Waals surface area contributed by atoms with Crippen molar-refractivity contribution in [3.8, 4) is 5.40 Å². The van der Waals surface area contributed by atoms with Crippen molar-refractivity contribution in [3.63, 3.8) is 0 Å². The van der Waals surface area contributed by atoms with Crippen molar-refractivity contribution >= 4 is 56.3 Å². The van der Waals surface area contributed by atoms with Gasteiger partial charge in [0.25, 0.3) is 0 Å². The highest BCUT2D eigenvalue weighted by Crippen LogP contribution is 2.24. The minimum Gasteiger partial charge on any atom is -0.457 e. The van der Waals surface area contributed by atoms with E-state index < -0.39 is 0 Å². The van der Waals surface area contributed by atoms with Crippen LogP contribution in [0.25, 0.3) is 17.0 Å². The van der Waals surface area contributed by atoms with Crippen LogP contribution in [-0.2, 0) is 4.79 Å². The van der Waals surface area contributed by atoms with E-state index >= 15 is 0 Å². The average Bonchev–Trinajstić information content (AvgIpc) is 2.97. The lowest BCUT2D eigenvalue weighted by Gasteiger charge is -2.02. The Bertz CT molecular complexity index is 955. The quantitative estimate of drug-likeness (QED) is 0.361. The van der Waals surface area contributed by atoms with E-state index in [1.807, 2.05) is 29.7 Å². The largest absolute Gasteiger partial charge is 0.457 e. The van der Waals surface area contributed by atoms with E-state index in [9.17, 15) is 4.79 Å². The molecule has 0 saturated heterocycles. The van der Waals surface area contributed by atoms with Gasteiger partial charge in [0.15, 0.2) is 0 Å². The molecule has 3 aromatic rings. The van der Waals surface area contributed by atoms with Crippen LogP contribution in [-0.4, -0.2) is 5.91 Å². The summed E-state index contributed by atoms with van der Waals surface area (Å²) in [6.07, 6.45) is 3.05. The van der Waals surface area contributed by atoms with Gasteiger partial charge in [0.1, 0.15) is 16.7 Å². The minimum absolute atomic E-state index is 0.252. The Kier molecular flexibility index (Phi) is 5.04. The van der Waals surface area contributed by atoms with Gasteiger partial charge in [-0.25, -0.2) is 0 Å². The Balaban J connectivity index is 1.66. The summed E-state index contributed by atoms with van der Waals surface area (Å²) < 4.78 is 6.62. The van der Waals surface area contributed by atoms with E-state index in [0.717, 1.165) is 32.1 Å². The molecule has 0 saturated carbocycles. The molecule has 1 aromatic heterocycles. The number of nitrogens with one attached hydrogen (secondary N) is 1. The number of thioether (sulfide) groups is 1. The highest BCUT2D eigenvalue weighted by Gasteiger charge is 2.03. The highest BCUT2D eigenvalue weighted by molar-refractivity contribution is 9.10. The van der Waals surface area contributed by atoms with Gasteiger partial charge in [-0.1, -0.05) is 15.9 Å². The standard InChI is InChI=1S/C18H11BrN2O2S/c19-13-1-7-17-12(9-13)10-15(23-17)4-8-18(22)21-14-2-5-16(6-3-14)24-11-20/h1-10H,(H,21,22). The summed E-state index contributed by atoms with van der Waals surface area (Å²) in [5.74, 6) is 0.358. The van der Waals surface area contributed by atoms with Crippen LogP contribution in [0.15, 0.2) is 68.4 Å². The van der Waals surface area contributed by atoms with Gasteiger partial charge in [-0.05, 0) is 66.4 Å². The molecule has 118 valence electrons. The number of rotatable bonds is 4. The second-order valence-electron chi connectivity index (χ2n) is 4.87. The molecule has 0 spiro atoms. The fourth-order valence-electron chi connectivity index (χ4n) is 2.12. The first kappa shape index (κ1) is 16.4. The molecule has 3 rings (SSSR count). The molecular weight excluding hydrogens is 388 g/mol. The number of carbonyl (C=O) groups excluding carboxylic acids is 1. The minimum atomic E-state index is -0.252. The van der Waals surface area contributed by atoms with Crippen LogP contribution in [0.1, 0.15) is 5.76 Å². The highest BCUT2D eigenvalue weighted by atomic mass is 79.9. The topological polar surface area (TPSA) is 66.0 Å². The summed E-state index contributed by atoms with van der Waals surface area (Å²) in [4.78, 5) is 12.8. The Hall–Kier alpha value is -2.49. The van der Waals surface area contributed by atoms with Gasteiger partial charge in [-0.15, -0.1) is 0 Å². The molecule has 0 aliphatic rings. The van der Waals surface area contributed by atoms with Crippen molar-refractivity contribution in [3.05, 3.63) is 64.8 Å². The van der Waals surface area contributed by atoms with Crippen molar-refractivity contribution in [2.24, 2.45) is 0 Å². The molecule has 0 unspecified atom stereocenters. The van der Waals surface area contributed by atoms with Gasteiger partial charge in [0.05, 0.1) is 0 Å². The molecule has 0 aliphatic carbocycles. The summed E-state index contributed by atoms with van der Waals surface area (Å²) in [5.41, 5.74) is 1.43. The molecule has 1 heterocycles. The molecule has 2 aromatic carbocycles. The number of thiocyanates is 1. The molecule has 0 bridgehead atoms. The first-order valence-electron chi connectivity index (χ1n) is 6.98. The van der Waals surface area contributed by atoms with E-state index in [4.69, 9.17) is 9.68 Å². The fourth-order valence-corrected chi connectivity index (χ4v) is 2.87. The number of amides is 1. The van der Waals surface area contributed by atoms with Gasteiger partial charge < -0.3 is 9.73 Å². The second kappa shape index (κ2) is 7.39. The van der Waals surface area contributed by atoms with E-state index in [-0.39, 0.29) is 5.91 Å². The van der Waals surface area contributed by atoms with Crippen molar-refractivity contribution < 1.29 is 9.21 Å². The first-order valence-corrected chi connectivity index (χ1v) is 8.59. The third-order valence-corrected chi connectivity index (χ3v) is 4.27. The number of hydrogen-bond donors (Lipinski definition) is 1. The zero-order valence-electron chi connectivity index (χ0n) is 12.3. The van der Waals surface area contributed by atoms with Crippen LogP contribution in [0, 0.1) is 10.7 Å². The maximum atomic E-state index is 12.0. The number of nitrogens with zero attached hydrogens (tertiary/aromatic N) is 1. The van der Waals surface area contributed by atoms with E-state index in [2.05, 4.69) is 21.2 Å². The van der Waals surface area contributed by atoms with Crippen molar-refractivity contribution in [1.29, 1.82) is 5.26 Å². The Morgan fingerprint density at radius 2 is 2.00 bits per heavy atom. The summed E-state index contributed by atoms with van der Waals surface area (Å²) in [6, 6.07) is 14.7. The third-order valence-electron chi connectivity index (χ3n) is 3.18. The monoisotopic (exact) mass is 398 g/mol. The van der Waals surface area contributed by atoms with Gasteiger partial charge >= 0.3 is 0 Å². The number of halogens is 1. The number of benzene rings is 2. The molecule has 1 N–H and O–H groups in total. The molecule has 0 radical (unpaired) electrons. The summed E-state index contributed by atoms with van der Waals surface area (Å²) >= 11 is 4.49. The summed E-state index contributed by atoms with van der Waals surface area (Å²) in [5, 5.41) is 14.3. The molecule has 0 atom stereocenters. The fraction of sp³-hybridized carbons (Fsp3) is 0. The van der Waals surface area contributed by atoms with Crippen LogP contribution >= 0.6 is 27.7 Å². The zero-order chi connectivity index (χ0) is 16.9. The maximum Gasteiger partial charge on any atom is 0.248 e. The second-order valence-corrected chi connectivity index (χ2v) is 6.65. The van der Waals surface area contributed by atoms with Gasteiger partial charge in [-0.2, -0.15) is 5.26 Å². The van der Waals surface area contributed by atoms with Crippen molar-refractivity contribution in [1.82, 2.24) is 0 Å². The molecule has 0 aliphatic heterocycles. The van der Waals surface area contributed by atoms with Crippen molar-refractivity contribution in [2.45, 2.75) is 4.90 Å². The molecule has 1 amide bonds. The van der Waals surface area contributed by atoms with Crippen LogP contribution < -0.4 is 5.32 Å². The molecule has 0 fully saturated rings. The smallest absolute Gasteiger partial charge is 0.248 e. The maximum absolute atomic E-state index is 12.0. The van der Waals surface area contributed by atoms with Crippen LogP contribution in [0.4, 0.5) is 5.69 Å². The number of furan rings is 1. The third kappa shape index (κ3) is 4.07. The Morgan fingerprint density at radius 3 is 2.75 bits per heavy atom. The van der Waals surface area contributed by atoms with E-state index in [0.29, 0.717) is 11.4 Å². The summed E-state index contributed by atoms with van der Waals surface area (Å²) in [6.45, 7) is 0. The zero-order valence-corrected chi connectivity index (χ0v) is 14.7. The molecule has 4 nitrogen and oxygen atoms in total. The molecule has 24 heavy (non-hydrogen) atoms. The first-order chi connectivity index (χ1) is 11.6. The van der Waals surface area contributed by atoms with Crippen molar-refractivity contribution in [2.75, 3.05) is 5.32 Å². The van der Waals surface area contributed by atoms with E-state index in [1.165, 1.54) is 6.08 Å². The number of anilines is 1. The number of fused-ring (bicyclic) bond motifs is 1.